The molecule has 6 nitrogen and oxygen atoms in total. The molecule has 4 aromatic rings. The van der Waals surface area contributed by atoms with Crippen LogP contribution in [0, 0.1) is 0 Å². The Kier molecular flexibility index (Phi) is 7.19. The van der Waals surface area contributed by atoms with E-state index in [0.717, 1.165) is 21.7 Å². The van der Waals surface area contributed by atoms with E-state index in [1.54, 1.807) is 35.6 Å². The van der Waals surface area contributed by atoms with Gasteiger partial charge in [-0.2, -0.15) is 0 Å². The molecule has 0 saturated heterocycles. The van der Waals surface area contributed by atoms with E-state index < -0.39 is 0 Å². The van der Waals surface area contributed by atoms with E-state index in [0.29, 0.717) is 36.5 Å². The molecule has 0 unspecified atom stereocenters. The van der Waals surface area contributed by atoms with Gasteiger partial charge < -0.3 is 15.2 Å². The first-order valence-corrected chi connectivity index (χ1v) is 11.6. The SMILES string of the molecule is O=C(Cn1c(CCCNC(=O)c2ccccc2Cl)nc2ccccc21)NCc1cccs1. The van der Waals surface area contributed by atoms with Crippen LogP contribution in [0.5, 0.6) is 0 Å². The first-order valence-electron chi connectivity index (χ1n) is 10.4. The van der Waals surface area contributed by atoms with Gasteiger partial charge in [0.15, 0.2) is 0 Å². The van der Waals surface area contributed by atoms with Gasteiger partial charge in [-0.15, -0.1) is 11.3 Å². The van der Waals surface area contributed by atoms with Crippen LogP contribution in [-0.2, 0) is 24.3 Å². The summed E-state index contributed by atoms with van der Waals surface area (Å²) in [6.45, 7) is 1.21. The number of aromatic nitrogens is 2. The number of hydrogen-bond donors (Lipinski definition) is 2. The Balaban J connectivity index is 1.38. The maximum Gasteiger partial charge on any atom is 0.252 e. The molecule has 2 aromatic heterocycles. The number of carbonyl (C=O) groups excluding carboxylic acids is 2. The zero-order valence-corrected chi connectivity index (χ0v) is 19.0. The molecule has 0 aliphatic heterocycles. The Morgan fingerprint density at radius 2 is 1.81 bits per heavy atom. The van der Waals surface area contributed by atoms with Gasteiger partial charge in [0.25, 0.3) is 5.91 Å². The fourth-order valence-electron chi connectivity index (χ4n) is 3.48. The monoisotopic (exact) mass is 466 g/mol. The van der Waals surface area contributed by atoms with Crippen LogP contribution >= 0.6 is 22.9 Å². The molecule has 0 radical (unpaired) electrons. The second-order valence-electron chi connectivity index (χ2n) is 7.30. The highest BCUT2D eigenvalue weighted by molar-refractivity contribution is 7.09. The molecule has 4 rings (SSSR count). The second kappa shape index (κ2) is 10.4. The fourth-order valence-corrected chi connectivity index (χ4v) is 4.35. The van der Waals surface area contributed by atoms with Crippen molar-refractivity contribution >= 4 is 45.8 Å². The lowest BCUT2D eigenvalue weighted by atomic mass is 10.2. The van der Waals surface area contributed by atoms with E-state index in [-0.39, 0.29) is 18.4 Å². The average molecular weight is 467 g/mol. The molecule has 0 aliphatic carbocycles. The molecule has 0 spiro atoms. The number of carbonyl (C=O) groups is 2. The largest absolute Gasteiger partial charge is 0.352 e. The van der Waals surface area contributed by atoms with E-state index in [4.69, 9.17) is 16.6 Å². The minimum absolute atomic E-state index is 0.0603. The summed E-state index contributed by atoms with van der Waals surface area (Å²) in [5.74, 6) is 0.566. The van der Waals surface area contributed by atoms with Crippen LogP contribution in [0.25, 0.3) is 11.0 Å². The number of aryl methyl sites for hydroxylation is 1. The van der Waals surface area contributed by atoms with Crippen molar-refractivity contribution in [3.05, 3.63) is 87.3 Å². The number of amides is 2. The third-order valence-electron chi connectivity index (χ3n) is 5.06. The zero-order valence-electron chi connectivity index (χ0n) is 17.4. The maximum atomic E-state index is 12.6. The van der Waals surface area contributed by atoms with Crippen LogP contribution in [0.15, 0.2) is 66.0 Å². The minimum Gasteiger partial charge on any atom is -0.352 e. The lowest BCUT2D eigenvalue weighted by Crippen LogP contribution is -2.28. The van der Waals surface area contributed by atoms with Crippen LogP contribution in [0.1, 0.15) is 27.5 Å². The number of nitrogens with one attached hydrogen (secondary N) is 2. The summed E-state index contributed by atoms with van der Waals surface area (Å²) >= 11 is 7.71. The number of imidazole rings is 1. The van der Waals surface area contributed by atoms with Crippen molar-refractivity contribution in [1.29, 1.82) is 0 Å². The van der Waals surface area contributed by atoms with Crippen LogP contribution in [0.4, 0.5) is 0 Å². The molecule has 32 heavy (non-hydrogen) atoms. The Bertz CT molecular complexity index is 1220. The Hall–Kier alpha value is -3.16. The highest BCUT2D eigenvalue weighted by Gasteiger charge is 2.14. The smallest absolute Gasteiger partial charge is 0.252 e. The summed E-state index contributed by atoms with van der Waals surface area (Å²) < 4.78 is 1.95. The topological polar surface area (TPSA) is 76.0 Å². The van der Waals surface area contributed by atoms with Crippen molar-refractivity contribution in [2.75, 3.05) is 6.54 Å². The van der Waals surface area contributed by atoms with Crippen molar-refractivity contribution in [2.24, 2.45) is 0 Å². The van der Waals surface area contributed by atoms with Crippen LogP contribution < -0.4 is 10.6 Å². The van der Waals surface area contributed by atoms with Gasteiger partial charge in [0, 0.05) is 17.8 Å². The van der Waals surface area contributed by atoms with Crippen LogP contribution in [0.3, 0.4) is 0 Å². The molecule has 0 atom stereocenters. The lowest BCUT2D eigenvalue weighted by molar-refractivity contribution is -0.121. The fraction of sp³-hybridized carbons (Fsp3) is 0.208. The average Bonchev–Trinajstić information content (AvgIpc) is 3.44. The van der Waals surface area contributed by atoms with Gasteiger partial charge >= 0.3 is 0 Å². The molecule has 0 bridgehead atoms. The highest BCUT2D eigenvalue weighted by Crippen LogP contribution is 2.18. The predicted octanol–water partition coefficient (Wildman–Crippen LogP) is 4.43. The normalized spacial score (nSPS) is 10.9. The van der Waals surface area contributed by atoms with E-state index >= 15 is 0 Å². The molecule has 2 heterocycles. The quantitative estimate of drug-likeness (QED) is 0.358. The van der Waals surface area contributed by atoms with E-state index in [2.05, 4.69) is 10.6 Å². The number of para-hydroxylation sites is 2. The first-order chi connectivity index (χ1) is 15.6. The summed E-state index contributed by atoms with van der Waals surface area (Å²) in [5.41, 5.74) is 2.24. The first kappa shape index (κ1) is 22.0. The number of nitrogens with zero attached hydrogens (tertiary/aromatic N) is 2. The van der Waals surface area contributed by atoms with Crippen LogP contribution in [-0.4, -0.2) is 27.9 Å². The Morgan fingerprint density at radius 3 is 2.62 bits per heavy atom. The zero-order chi connectivity index (χ0) is 22.3. The van der Waals surface area contributed by atoms with Gasteiger partial charge in [0.2, 0.25) is 5.91 Å². The predicted molar refractivity (Wildman–Crippen MR) is 128 cm³/mol. The molecule has 164 valence electrons. The molecule has 2 aromatic carbocycles. The molecule has 2 N–H and O–H groups in total. The lowest BCUT2D eigenvalue weighted by Gasteiger charge is -2.10. The molecule has 8 heteroatoms. The summed E-state index contributed by atoms with van der Waals surface area (Å²) in [7, 11) is 0. The van der Waals surface area contributed by atoms with Crippen molar-refractivity contribution in [2.45, 2.75) is 25.9 Å². The third-order valence-corrected chi connectivity index (χ3v) is 6.26. The van der Waals surface area contributed by atoms with Gasteiger partial charge in [0.05, 0.1) is 28.2 Å². The maximum absolute atomic E-state index is 12.6. The van der Waals surface area contributed by atoms with Crippen molar-refractivity contribution in [3.8, 4) is 0 Å². The number of hydrogen-bond acceptors (Lipinski definition) is 4. The standard InChI is InChI=1S/C24H23ClN4O2S/c25-19-9-2-1-8-18(19)24(31)26-13-5-12-22-28-20-10-3-4-11-21(20)29(22)16-23(30)27-15-17-7-6-14-32-17/h1-4,6-11,14H,5,12-13,15-16H2,(H,26,31)(H,27,30). The molecule has 0 aliphatic rings. The number of rotatable bonds is 9. The number of halogens is 1. The van der Waals surface area contributed by atoms with Crippen LogP contribution in [0.2, 0.25) is 5.02 Å². The number of benzene rings is 2. The Labute approximate surface area is 195 Å². The summed E-state index contributed by atoms with van der Waals surface area (Å²) in [4.78, 5) is 30.7. The van der Waals surface area contributed by atoms with E-state index in [1.807, 2.05) is 46.3 Å². The van der Waals surface area contributed by atoms with E-state index in [1.165, 1.54) is 0 Å². The molecular formula is C24H23ClN4O2S. The summed E-state index contributed by atoms with van der Waals surface area (Å²) in [6, 6.07) is 18.7. The van der Waals surface area contributed by atoms with Gasteiger partial charge in [-0.25, -0.2) is 4.98 Å². The number of fused-ring (bicyclic) bond motifs is 1. The second-order valence-corrected chi connectivity index (χ2v) is 8.74. The Morgan fingerprint density at radius 1 is 1.00 bits per heavy atom. The van der Waals surface area contributed by atoms with Crippen molar-refractivity contribution in [1.82, 2.24) is 20.2 Å². The van der Waals surface area contributed by atoms with Gasteiger partial charge in [-0.1, -0.05) is 41.9 Å². The molecule has 0 fully saturated rings. The number of thiophene rings is 1. The van der Waals surface area contributed by atoms with Crippen molar-refractivity contribution < 1.29 is 9.59 Å². The van der Waals surface area contributed by atoms with Gasteiger partial charge in [-0.05, 0) is 42.1 Å². The molecule has 2 amide bonds. The third kappa shape index (κ3) is 5.36. The highest BCUT2D eigenvalue weighted by atomic mass is 35.5. The van der Waals surface area contributed by atoms with Gasteiger partial charge in [-0.3, -0.25) is 9.59 Å². The molecular weight excluding hydrogens is 444 g/mol. The summed E-state index contributed by atoms with van der Waals surface area (Å²) in [5, 5.41) is 8.30. The molecule has 0 saturated carbocycles. The summed E-state index contributed by atoms with van der Waals surface area (Å²) in [6.07, 6.45) is 1.33. The van der Waals surface area contributed by atoms with Gasteiger partial charge in [0.1, 0.15) is 12.4 Å². The van der Waals surface area contributed by atoms with Crippen molar-refractivity contribution in [3.63, 3.8) is 0 Å². The van der Waals surface area contributed by atoms with E-state index in [9.17, 15) is 9.59 Å². The minimum atomic E-state index is -0.197.